The van der Waals surface area contributed by atoms with Crippen molar-refractivity contribution in [1.82, 2.24) is 24.8 Å². The molecule has 132 valence electrons. The zero-order valence-corrected chi connectivity index (χ0v) is 14.6. The number of amides is 1. The molecule has 2 aliphatic heterocycles. The minimum Gasteiger partial charge on any atom is -0.355 e. The predicted molar refractivity (Wildman–Crippen MR) is 94.2 cm³/mol. The van der Waals surface area contributed by atoms with Crippen molar-refractivity contribution < 1.29 is 4.79 Å². The topological polar surface area (TPSA) is 75.9 Å². The second kappa shape index (κ2) is 6.82. The van der Waals surface area contributed by atoms with Crippen LogP contribution in [0.4, 0.5) is 5.82 Å². The van der Waals surface area contributed by atoms with Crippen molar-refractivity contribution >= 4 is 11.7 Å². The van der Waals surface area contributed by atoms with E-state index in [4.69, 9.17) is 0 Å². The van der Waals surface area contributed by atoms with Crippen LogP contribution >= 0.6 is 0 Å². The number of fused-ring (bicyclic) bond motifs is 1. The van der Waals surface area contributed by atoms with E-state index in [-0.39, 0.29) is 17.9 Å². The maximum Gasteiger partial charge on any atom is 0.225 e. The standard InChI is InChI=1S/C18H24N6O/c1-13-10-24-12-15(4-5-16(24)21-13)22-18(25)14-3-2-8-23(11-14)17-9-19-6-7-20-17/h6-7,9-10,14-15H,2-5,8,11-12H2,1H3,(H,22,25)/t14-,15+/m0/s1. The van der Waals surface area contributed by atoms with Crippen LogP contribution in [-0.2, 0) is 17.8 Å². The summed E-state index contributed by atoms with van der Waals surface area (Å²) in [6.07, 6.45) is 11.0. The Labute approximate surface area is 147 Å². The van der Waals surface area contributed by atoms with Gasteiger partial charge in [-0.1, -0.05) is 0 Å². The van der Waals surface area contributed by atoms with Gasteiger partial charge in [0.15, 0.2) is 0 Å². The largest absolute Gasteiger partial charge is 0.355 e. The van der Waals surface area contributed by atoms with Gasteiger partial charge in [-0.25, -0.2) is 9.97 Å². The van der Waals surface area contributed by atoms with Gasteiger partial charge in [0.25, 0.3) is 0 Å². The number of rotatable bonds is 3. The molecule has 0 radical (unpaired) electrons. The molecule has 1 fully saturated rings. The Morgan fingerprint density at radius 1 is 1.28 bits per heavy atom. The minimum atomic E-state index is 0.0154. The van der Waals surface area contributed by atoms with Gasteiger partial charge in [-0.15, -0.1) is 0 Å². The molecule has 2 aliphatic rings. The Bertz CT molecular complexity index is 743. The van der Waals surface area contributed by atoms with Crippen LogP contribution in [0.15, 0.2) is 24.8 Å². The summed E-state index contributed by atoms with van der Waals surface area (Å²) < 4.78 is 2.18. The van der Waals surface area contributed by atoms with Crippen LogP contribution in [0.3, 0.4) is 0 Å². The van der Waals surface area contributed by atoms with E-state index in [9.17, 15) is 4.79 Å². The van der Waals surface area contributed by atoms with Crippen molar-refractivity contribution in [3.05, 3.63) is 36.3 Å². The third-order valence-electron chi connectivity index (χ3n) is 5.13. The van der Waals surface area contributed by atoms with Crippen molar-refractivity contribution in [2.45, 2.75) is 45.2 Å². The molecule has 2 aromatic rings. The van der Waals surface area contributed by atoms with E-state index in [1.807, 2.05) is 6.92 Å². The number of aryl methyl sites for hydroxylation is 2. The van der Waals surface area contributed by atoms with E-state index in [1.54, 1.807) is 18.6 Å². The van der Waals surface area contributed by atoms with Crippen molar-refractivity contribution in [1.29, 1.82) is 0 Å². The van der Waals surface area contributed by atoms with Gasteiger partial charge in [0, 0.05) is 50.7 Å². The predicted octanol–water partition coefficient (Wildman–Crippen LogP) is 1.33. The fourth-order valence-electron chi connectivity index (χ4n) is 3.88. The molecule has 0 bridgehead atoms. The molecule has 2 atom stereocenters. The smallest absolute Gasteiger partial charge is 0.225 e. The molecule has 1 amide bonds. The zero-order chi connectivity index (χ0) is 17.2. The van der Waals surface area contributed by atoms with Crippen molar-refractivity contribution in [2.24, 2.45) is 5.92 Å². The van der Waals surface area contributed by atoms with Gasteiger partial charge in [0.2, 0.25) is 5.91 Å². The maximum atomic E-state index is 12.8. The summed E-state index contributed by atoms with van der Waals surface area (Å²) in [5, 5.41) is 3.26. The van der Waals surface area contributed by atoms with Crippen LogP contribution < -0.4 is 10.2 Å². The van der Waals surface area contributed by atoms with E-state index in [2.05, 4.69) is 35.9 Å². The van der Waals surface area contributed by atoms with Gasteiger partial charge in [0.05, 0.1) is 17.8 Å². The molecule has 2 aromatic heterocycles. The summed E-state index contributed by atoms with van der Waals surface area (Å²) >= 11 is 0. The lowest BCUT2D eigenvalue weighted by atomic mass is 9.96. The molecule has 4 rings (SSSR count). The summed E-state index contributed by atoms with van der Waals surface area (Å²) in [6.45, 7) is 4.49. The normalized spacial score (nSPS) is 23.2. The number of anilines is 1. The van der Waals surface area contributed by atoms with Crippen LogP contribution in [0, 0.1) is 12.8 Å². The lowest BCUT2D eigenvalue weighted by molar-refractivity contribution is -0.126. The molecule has 7 nitrogen and oxygen atoms in total. The fourth-order valence-corrected chi connectivity index (χ4v) is 3.88. The van der Waals surface area contributed by atoms with Gasteiger partial charge < -0.3 is 14.8 Å². The Kier molecular flexibility index (Phi) is 4.38. The Morgan fingerprint density at radius 3 is 3.04 bits per heavy atom. The number of imidazole rings is 1. The Morgan fingerprint density at radius 2 is 2.20 bits per heavy atom. The second-order valence-electron chi connectivity index (χ2n) is 7.04. The maximum absolute atomic E-state index is 12.8. The SMILES string of the molecule is Cc1cn2c(n1)CC[C@@H](NC(=O)[C@H]1CCCN(c3cnccn3)C1)C2. The van der Waals surface area contributed by atoms with Crippen molar-refractivity contribution in [2.75, 3.05) is 18.0 Å². The van der Waals surface area contributed by atoms with Gasteiger partial charge >= 0.3 is 0 Å². The van der Waals surface area contributed by atoms with E-state index in [0.717, 1.165) is 56.1 Å². The number of carbonyl (C=O) groups excluding carboxylic acids is 1. The highest BCUT2D eigenvalue weighted by molar-refractivity contribution is 5.79. The molecule has 0 unspecified atom stereocenters. The van der Waals surface area contributed by atoms with Gasteiger partial charge in [0.1, 0.15) is 11.6 Å². The first-order chi connectivity index (χ1) is 12.2. The van der Waals surface area contributed by atoms with Crippen LogP contribution in [0.5, 0.6) is 0 Å². The summed E-state index contributed by atoms with van der Waals surface area (Å²) in [5.41, 5.74) is 1.05. The van der Waals surface area contributed by atoms with E-state index in [1.165, 1.54) is 0 Å². The third-order valence-corrected chi connectivity index (χ3v) is 5.13. The third kappa shape index (κ3) is 3.50. The first-order valence-corrected chi connectivity index (χ1v) is 9.03. The van der Waals surface area contributed by atoms with Crippen LogP contribution in [-0.4, -0.2) is 44.6 Å². The second-order valence-corrected chi connectivity index (χ2v) is 7.04. The number of carbonyl (C=O) groups is 1. The Hall–Kier alpha value is -2.44. The van der Waals surface area contributed by atoms with Gasteiger partial charge in [-0.05, 0) is 26.2 Å². The molecule has 1 saturated heterocycles. The highest BCUT2D eigenvalue weighted by Gasteiger charge is 2.29. The average molecular weight is 340 g/mol. The molecular weight excluding hydrogens is 316 g/mol. The quantitative estimate of drug-likeness (QED) is 0.912. The summed E-state index contributed by atoms with van der Waals surface area (Å²) in [6, 6.07) is 0.195. The monoisotopic (exact) mass is 340 g/mol. The zero-order valence-electron chi connectivity index (χ0n) is 14.6. The molecule has 0 saturated carbocycles. The number of hydrogen-bond acceptors (Lipinski definition) is 5. The highest BCUT2D eigenvalue weighted by atomic mass is 16.2. The first-order valence-electron chi connectivity index (χ1n) is 9.03. The lowest BCUT2D eigenvalue weighted by Gasteiger charge is -2.34. The lowest BCUT2D eigenvalue weighted by Crippen LogP contribution is -2.48. The van der Waals surface area contributed by atoms with E-state index < -0.39 is 0 Å². The number of aromatic nitrogens is 4. The fraction of sp³-hybridized carbons (Fsp3) is 0.556. The van der Waals surface area contributed by atoms with Crippen LogP contribution in [0.1, 0.15) is 30.8 Å². The van der Waals surface area contributed by atoms with Crippen molar-refractivity contribution in [3.8, 4) is 0 Å². The number of nitrogens with zero attached hydrogens (tertiary/aromatic N) is 5. The molecule has 0 aliphatic carbocycles. The number of piperidine rings is 1. The first kappa shape index (κ1) is 16.1. The van der Waals surface area contributed by atoms with Gasteiger partial charge in [-0.2, -0.15) is 0 Å². The van der Waals surface area contributed by atoms with Crippen LogP contribution in [0.25, 0.3) is 0 Å². The summed E-state index contributed by atoms with van der Waals surface area (Å²) in [4.78, 5) is 28.0. The number of nitrogens with one attached hydrogen (secondary N) is 1. The molecule has 1 N–H and O–H groups in total. The molecule has 25 heavy (non-hydrogen) atoms. The summed E-state index contributed by atoms with van der Waals surface area (Å²) in [5.74, 6) is 2.17. The summed E-state index contributed by atoms with van der Waals surface area (Å²) in [7, 11) is 0. The Balaban J connectivity index is 1.36. The van der Waals surface area contributed by atoms with Crippen LogP contribution in [0.2, 0.25) is 0 Å². The number of hydrogen-bond donors (Lipinski definition) is 1. The average Bonchev–Trinajstić information content (AvgIpc) is 3.02. The molecular formula is C18H24N6O. The molecule has 0 spiro atoms. The minimum absolute atomic E-state index is 0.0154. The highest BCUT2D eigenvalue weighted by Crippen LogP contribution is 2.22. The molecule has 4 heterocycles. The van der Waals surface area contributed by atoms with E-state index in [0.29, 0.717) is 6.54 Å². The molecule has 0 aromatic carbocycles. The van der Waals surface area contributed by atoms with Crippen molar-refractivity contribution in [3.63, 3.8) is 0 Å². The van der Waals surface area contributed by atoms with Gasteiger partial charge in [-0.3, -0.25) is 9.78 Å². The molecule has 7 heteroatoms. The van der Waals surface area contributed by atoms with E-state index >= 15 is 0 Å².